The van der Waals surface area contributed by atoms with Gasteiger partial charge in [0, 0.05) is 4.90 Å². The highest BCUT2D eigenvalue weighted by atomic mass is 32.2. The SMILES string of the molecule is CSc1c[c]cc(C(C)C)c1. The van der Waals surface area contributed by atoms with E-state index in [2.05, 4.69) is 38.3 Å². The predicted octanol–water partition coefficient (Wildman–Crippen LogP) is 3.33. The van der Waals surface area contributed by atoms with Crippen molar-refractivity contribution in [1.82, 2.24) is 0 Å². The second-order valence-electron chi connectivity index (χ2n) is 2.86. The van der Waals surface area contributed by atoms with Gasteiger partial charge in [-0.15, -0.1) is 11.8 Å². The van der Waals surface area contributed by atoms with Gasteiger partial charge in [-0.1, -0.05) is 19.9 Å². The van der Waals surface area contributed by atoms with Crippen molar-refractivity contribution >= 4 is 11.8 Å². The molecule has 59 valence electrons. The Morgan fingerprint density at radius 1 is 1.36 bits per heavy atom. The van der Waals surface area contributed by atoms with E-state index < -0.39 is 0 Å². The zero-order valence-electron chi connectivity index (χ0n) is 7.22. The summed E-state index contributed by atoms with van der Waals surface area (Å²) >= 11 is 1.77. The van der Waals surface area contributed by atoms with E-state index in [9.17, 15) is 0 Å². The zero-order valence-corrected chi connectivity index (χ0v) is 8.03. The molecular weight excluding hydrogens is 152 g/mol. The number of thioether (sulfide) groups is 1. The van der Waals surface area contributed by atoms with Crippen LogP contribution >= 0.6 is 11.8 Å². The van der Waals surface area contributed by atoms with Crippen LogP contribution in [0.5, 0.6) is 0 Å². The first-order valence-electron chi connectivity index (χ1n) is 3.79. The zero-order chi connectivity index (χ0) is 8.27. The molecule has 0 atom stereocenters. The van der Waals surface area contributed by atoms with Crippen molar-refractivity contribution in [3.63, 3.8) is 0 Å². The van der Waals surface area contributed by atoms with Gasteiger partial charge in [0.25, 0.3) is 0 Å². The van der Waals surface area contributed by atoms with E-state index in [-0.39, 0.29) is 0 Å². The standard InChI is InChI=1S/C10H13S/c1-8(2)9-5-4-6-10(7-9)11-3/h5-8H,1-3H3. The van der Waals surface area contributed by atoms with Crippen molar-refractivity contribution in [2.45, 2.75) is 24.7 Å². The molecule has 0 unspecified atom stereocenters. The molecule has 0 aliphatic heterocycles. The quantitative estimate of drug-likeness (QED) is 0.606. The van der Waals surface area contributed by atoms with E-state index >= 15 is 0 Å². The molecular formula is C10H13S. The van der Waals surface area contributed by atoms with Gasteiger partial charge in [-0.3, -0.25) is 0 Å². The maximum absolute atomic E-state index is 3.14. The van der Waals surface area contributed by atoms with Gasteiger partial charge in [0.2, 0.25) is 0 Å². The molecule has 0 spiro atoms. The maximum atomic E-state index is 3.14. The Kier molecular flexibility index (Phi) is 3.01. The molecule has 0 aliphatic rings. The van der Waals surface area contributed by atoms with E-state index in [1.165, 1.54) is 10.5 Å². The first-order chi connectivity index (χ1) is 5.24. The van der Waals surface area contributed by atoms with Crippen LogP contribution in [0.2, 0.25) is 0 Å². The second-order valence-corrected chi connectivity index (χ2v) is 3.74. The van der Waals surface area contributed by atoms with Crippen molar-refractivity contribution in [2.75, 3.05) is 6.26 Å². The van der Waals surface area contributed by atoms with Crippen LogP contribution in [0.25, 0.3) is 0 Å². The van der Waals surface area contributed by atoms with Gasteiger partial charge in [0.1, 0.15) is 0 Å². The van der Waals surface area contributed by atoms with E-state index in [0.29, 0.717) is 5.92 Å². The number of hydrogen-bond acceptors (Lipinski definition) is 1. The van der Waals surface area contributed by atoms with Crippen LogP contribution in [0, 0.1) is 6.07 Å². The van der Waals surface area contributed by atoms with Crippen LogP contribution in [0.4, 0.5) is 0 Å². The van der Waals surface area contributed by atoms with Gasteiger partial charge >= 0.3 is 0 Å². The highest BCUT2D eigenvalue weighted by molar-refractivity contribution is 7.98. The smallest absolute Gasteiger partial charge is 0.00781 e. The van der Waals surface area contributed by atoms with Crippen molar-refractivity contribution < 1.29 is 0 Å². The third-order valence-electron chi connectivity index (χ3n) is 1.69. The fourth-order valence-corrected chi connectivity index (χ4v) is 1.36. The van der Waals surface area contributed by atoms with Crippen LogP contribution in [0.1, 0.15) is 25.3 Å². The molecule has 0 bridgehead atoms. The Bertz CT molecular complexity index is 228. The molecule has 1 aromatic rings. The van der Waals surface area contributed by atoms with E-state index in [1.807, 2.05) is 6.07 Å². The van der Waals surface area contributed by atoms with Crippen LogP contribution in [-0.2, 0) is 0 Å². The first kappa shape index (κ1) is 8.66. The lowest BCUT2D eigenvalue weighted by Crippen LogP contribution is -1.86. The lowest BCUT2D eigenvalue weighted by molar-refractivity contribution is 0.862. The van der Waals surface area contributed by atoms with Crippen molar-refractivity contribution in [1.29, 1.82) is 0 Å². The van der Waals surface area contributed by atoms with Gasteiger partial charge in [0.05, 0.1) is 0 Å². The summed E-state index contributed by atoms with van der Waals surface area (Å²) in [5, 5.41) is 0. The van der Waals surface area contributed by atoms with E-state index in [4.69, 9.17) is 0 Å². The molecule has 1 rings (SSSR count). The molecule has 0 amide bonds. The molecule has 1 radical (unpaired) electrons. The third-order valence-corrected chi connectivity index (χ3v) is 2.39. The minimum atomic E-state index is 0.610. The van der Waals surface area contributed by atoms with Crippen molar-refractivity contribution in [3.05, 3.63) is 29.8 Å². The highest BCUT2D eigenvalue weighted by Gasteiger charge is 1.98. The maximum Gasteiger partial charge on any atom is 0.00781 e. The van der Waals surface area contributed by atoms with Gasteiger partial charge in [-0.2, -0.15) is 0 Å². The van der Waals surface area contributed by atoms with E-state index in [1.54, 1.807) is 11.8 Å². The topological polar surface area (TPSA) is 0 Å². The fraction of sp³-hybridized carbons (Fsp3) is 0.400. The molecule has 0 heterocycles. The summed E-state index contributed by atoms with van der Waals surface area (Å²) in [7, 11) is 0. The first-order valence-corrected chi connectivity index (χ1v) is 5.01. The summed E-state index contributed by atoms with van der Waals surface area (Å²) < 4.78 is 0. The minimum Gasteiger partial charge on any atom is -0.130 e. The van der Waals surface area contributed by atoms with Crippen LogP contribution in [-0.4, -0.2) is 6.26 Å². The Morgan fingerprint density at radius 2 is 2.09 bits per heavy atom. The largest absolute Gasteiger partial charge is 0.130 e. The van der Waals surface area contributed by atoms with Gasteiger partial charge in [0.15, 0.2) is 0 Å². The molecule has 1 aromatic carbocycles. The fourth-order valence-electron chi connectivity index (χ4n) is 0.919. The van der Waals surface area contributed by atoms with Crippen molar-refractivity contribution in [2.24, 2.45) is 0 Å². The minimum absolute atomic E-state index is 0.610. The lowest BCUT2D eigenvalue weighted by Gasteiger charge is -2.05. The number of rotatable bonds is 2. The Morgan fingerprint density at radius 3 is 2.64 bits per heavy atom. The number of benzene rings is 1. The Hall–Kier alpha value is -0.430. The van der Waals surface area contributed by atoms with E-state index in [0.717, 1.165) is 0 Å². The highest BCUT2D eigenvalue weighted by Crippen LogP contribution is 2.20. The van der Waals surface area contributed by atoms with Gasteiger partial charge < -0.3 is 0 Å². The average molecular weight is 165 g/mol. The molecule has 0 fully saturated rings. The lowest BCUT2D eigenvalue weighted by atomic mass is 10.0. The Labute approximate surface area is 73.0 Å². The van der Waals surface area contributed by atoms with Crippen LogP contribution in [0.3, 0.4) is 0 Å². The normalized spacial score (nSPS) is 10.5. The summed E-state index contributed by atoms with van der Waals surface area (Å²) in [4.78, 5) is 1.30. The molecule has 1 heteroatoms. The summed E-state index contributed by atoms with van der Waals surface area (Å²) in [5.41, 5.74) is 1.37. The molecule has 0 N–H and O–H groups in total. The third kappa shape index (κ3) is 2.26. The molecule has 11 heavy (non-hydrogen) atoms. The summed E-state index contributed by atoms with van der Waals surface area (Å²) in [6, 6.07) is 9.45. The predicted molar refractivity (Wildman–Crippen MR) is 51.1 cm³/mol. The second kappa shape index (κ2) is 3.82. The van der Waals surface area contributed by atoms with Crippen LogP contribution in [0.15, 0.2) is 23.1 Å². The summed E-state index contributed by atoms with van der Waals surface area (Å²) in [6.45, 7) is 4.40. The van der Waals surface area contributed by atoms with Gasteiger partial charge in [-0.25, -0.2) is 0 Å². The summed E-state index contributed by atoms with van der Waals surface area (Å²) in [5.74, 6) is 0.610. The molecule has 0 aromatic heterocycles. The summed E-state index contributed by atoms with van der Waals surface area (Å²) in [6.07, 6.45) is 2.09. The molecule has 0 nitrogen and oxygen atoms in total. The molecule has 0 saturated heterocycles. The van der Waals surface area contributed by atoms with Crippen LogP contribution < -0.4 is 0 Å². The van der Waals surface area contributed by atoms with Gasteiger partial charge in [-0.05, 0) is 35.9 Å². The monoisotopic (exact) mass is 165 g/mol. The average Bonchev–Trinajstić information content (AvgIpc) is 2.05. The molecule has 0 aliphatic carbocycles. The molecule has 0 saturated carbocycles. The van der Waals surface area contributed by atoms with Crippen molar-refractivity contribution in [3.8, 4) is 0 Å². The Balaban J connectivity index is 2.91. The number of hydrogen-bond donors (Lipinski definition) is 0.